The van der Waals surface area contributed by atoms with E-state index in [0.29, 0.717) is 17.7 Å². The van der Waals surface area contributed by atoms with Gasteiger partial charge < -0.3 is 9.64 Å². The Morgan fingerprint density at radius 1 is 0.906 bits per heavy atom. The minimum Gasteiger partial charge on any atom is -0.496 e. The van der Waals surface area contributed by atoms with Crippen LogP contribution in [0.3, 0.4) is 0 Å². The van der Waals surface area contributed by atoms with E-state index in [0.717, 1.165) is 49.7 Å². The molecule has 0 saturated carbocycles. The van der Waals surface area contributed by atoms with Crippen molar-refractivity contribution in [3.8, 4) is 5.75 Å². The summed E-state index contributed by atoms with van der Waals surface area (Å²) in [4.78, 5) is 32.2. The zero-order chi connectivity index (χ0) is 22.1. The molecule has 7 heteroatoms. The number of benzene rings is 2. The van der Waals surface area contributed by atoms with E-state index in [1.807, 2.05) is 47.2 Å². The number of piperazine rings is 1. The Bertz CT molecular complexity index is 1140. The number of imide groups is 1. The van der Waals surface area contributed by atoms with Gasteiger partial charge in [0, 0.05) is 38.3 Å². The van der Waals surface area contributed by atoms with Gasteiger partial charge in [-0.1, -0.05) is 24.3 Å². The average Bonchev–Trinajstić information content (AvgIpc) is 3.43. The molecule has 0 bridgehead atoms. The van der Waals surface area contributed by atoms with Gasteiger partial charge in [-0.3, -0.25) is 19.4 Å². The maximum atomic E-state index is 13.2. The van der Waals surface area contributed by atoms with Gasteiger partial charge in [-0.15, -0.1) is 0 Å². The molecule has 2 aliphatic heterocycles. The summed E-state index contributed by atoms with van der Waals surface area (Å²) in [6.45, 7) is 4.51. The van der Waals surface area contributed by atoms with Gasteiger partial charge in [0.15, 0.2) is 0 Å². The van der Waals surface area contributed by atoms with Crippen molar-refractivity contribution in [2.75, 3.05) is 38.2 Å². The Morgan fingerprint density at radius 3 is 2.47 bits per heavy atom. The van der Waals surface area contributed by atoms with Gasteiger partial charge in [0.1, 0.15) is 5.75 Å². The molecule has 3 aromatic rings. The molecule has 2 aliphatic rings. The van der Waals surface area contributed by atoms with E-state index in [9.17, 15) is 9.59 Å². The van der Waals surface area contributed by atoms with Crippen LogP contribution in [0.25, 0.3) is 0 Å². The van der Waals surface area contributed by atoms with Crippen LogP contribution in [0.2, 0.25) is 0 Å². The molecular weight excluding hydrogens is 422 g/mol. The van der Waals surface area contributed by atoms with Crippen molar-refractivity contribution in [1.29, 1.82) is 0 Å². The number of methoxy groups -OCH3 is 1. The lowest BCUT2D eigenvalue weighted by atomic mass is 10.1. The first-order valence-corrected chi connectivity index (χ1v) is 11.7. The summed E-state index contributed by atoms with van der Waals surface area (Å²) >= 11 is 1.57. The quantitative estimate of drug-likeness (QED) is 0.537. The molecule has 0 aliphatic carbocycles. The number of anilines is 1. The van der Waals surface area contributed by atoms with Crippen LogP contribution in [0, 0.1) is 0 Å². The highest BCUT2D eigenvalue weighted by Gasteiger charge is 2.38. The fourth-order valence-corrected chi connectivity index (χ4v) is 5.17. The highest BCUT2D eigenvalue weighted by molar-refractivity contribution is 7.07. The third-order valence-corrected chi connectivity index (χ3v) is 6.93. The van der Waals surface area contributed by atoms with E-state index >= 15 is 0 Å². The number of hydrogen-bond acceptors (Lipinski definition) is 6. The minimum atomic E-state index is -0.201. The van der Waals surface area contributed by atoms with Crippen LogP contribution in [-0.2, 0) is 13.1 Å². The van der Waals surface area contributed by atoms with Gasteiger partial charge >= 0.3 is 0 Å². The SMILES string of the molecule is COc1ccccc1CN1CCN(c2cccc3c2C(=O)N(Cc2ccsc2)C3=O)CC1. The van der Waals surface area contributed by atoms with E-state index in [2.05, 4.69) is 15.9 Å². The summed E-state index contributed by atoms with van der Waals surface area (Å²) < 4.78 is 5.49. The Hall–Kier alpha value is -3.16. The lowest BCUT2D eigenvalue weighted by Crippen LogP contribution is -2.46. The van der Waals surface area contributed by atoms with E-state index in [4.69, 9.17) is 4.74 Å². The molecule has 2 amide bonds. The van der Waals surface area contributed by atoms with Crippen LogP contribution in [0.5, 0.6) is 5.75 Å². The van der Waals surface area contributed by atoms with E-state index in [1.54, 1.807) is 24.5 Å². The number of hydrogen-bond donors (Lipinski definition) is 0. The molecular formula is C25H25N3O3S. The number of para-hydroxylation sites is 1. The van der Waals surface area contributed by atoms with Gasteiger partial charge in [-0.05, 0) is 40.6 Å². The first kappa shape index (κ1) is 20.7. The standard InChI is InChI=1S/C25H25N3O3S/c1-31-22-8-3-2-5-19(22)16-26-10-12-27(13-11-26)21-7-4-6-20-23(21)25(30)28(24(20)29)15-18-9-14-32-17-18/h2-9,14,17H,10-13,15-16H2,1H3. The minimum absolute atomic E-state index is 0.191. The first-order chi connectivity index (χ1) is 15.7. The summed E-state index contributed by atoms with van der Waals surface area (Å²) in [5, 5.41) is 3.94. The predicted molar refractivity (Wildman–Crippen MR) is 125 cm³/mol. The third kappa shape index (κ3) is 3.78. The second-order valence-corrected chi connectivity index (χ2v) is 8.88. The van der Waals surface area contributed by atoms with Crippen molar-refractivity contribution < 1.29 is 14.3 Å². The molecule has 1 aromatic heterocycles. The summed E-state index contributed by atoms with van der Waals surface area (Å²) in [6, 6.07) is 15.7. The number of fused-ring (bicyclic) bond motifs is 1. The number of ether oxygens (including phenoxy) is 1. The lowest BCUT2D eigenvalue weighted by molar-refractivity contribution is 0.0642. The first-order valence-electron chi connectivity index (χ1n) is 10.7. The van der Waals surface area contributed by atoms with E-state index < -0.39 is 0 Å². The van der Waals surface area contributed by atoms with E-state index in [1.165, 1.54) is 10.5 Å². The Balaban J connectivity index is 1.31. The van der Waals surface area contributed by atoms with Crippen molar-refractivity contribution in [2.45, 2.75) is 13.1 Å². The highest BCUT2D eigenvalue weighted by atomic mass is 32.1. The number of carbonyl (C=O) groups excluding carboxylic acids is 2. The summed E-state index contributed by atoms with van der Waals surface area (Å²) in [7, 11) is 1.70. The molecule has 2 aromatic carbocycles. The Morgan fingerprint density at radius 2 is 1.72 bits per heavy atom. The van der Waals surface area contributed by atoms with Crippen molar-refractivity contribution in [2.24, 2.45) is 0 Å². The van der Waals surface area contributed by atoms with Crippen molar-refractivity contribution in [1.82, 2.24) is 9.80 Å². The Kier molecular flexibility index (Phi) is 5.68. The van der Waals surface area contributed by atoms with Gasteiger partial charge in [0.05, 0.1) is 30.5 Å². The number of thiophene rings is 1. The summed E-state index contributed by atoms with van der Waals surface area (Å²) in [5.41, 5.74) is 4.08. The number of nitrogens with zero attached hydrogens (tertiary/aromatic N) is 3. The van der Waals surface area contributed by atoms with Crippen molar-refractivity contribution in [3.05, 3.63) is 81.5 Å². The molecule has 3 heterocycles. The van der Waals surface area contributed by atoms with Gasteiger partial charge in [0.2, 0.25) is 0 Å². The summed E-state index contributed by atoms with van der Waals surface area (Å²) in [5.74, 6) is 0.516. The fourth-order valence-electron chi connectivity index (χ4n) is 4.51. The van der Waals surface area contributed by atoms with Crippen molar-refractivity contribution in [3.63, 3.8) is 0 Å². The second-order valence-electron chi connectivity index (χ2n) is 8.10. The molecule has 0 N–H and O–H groups in total. The molecule has 32 heavy (non-hydrogen) atoms. The monoisotopic (exact) mass is 447 g/mol. The number of carbonyl (C=O) groups is 2. The zero-order valence-electron chi connectivity index (χ0n) is 18.0. The highest BCUT2D eigenvalue weighted by Crippen LogP contribution is 2.33. The topological polar surface area (TPSA) is 53.1 Å². The summed E-state index contributed by atoms with van der Waals surface area (Å²) in [6.07, 6.45) is 0. The largest absolute Gasteiger partial charge is 0.496 e. The van der Waals surface area contributed by atoms with Crippen LogP contribution in [-0.4, -0.2) is 54.9 Å². The van der Waals surface area contributed by atoms with Crippen LogP contribution >= 0.6 is 11.3 Å². The fraction of sp³-hybridized carbons (Fsp3) is 0.280. The molecule has 1 saturated heterocycles. The van der Waals surface area contributed by atoms with Crippen LogP contribution in [0.1, 0.15) is 31.8 Å². The maximum Gasteiger partial charge on any atom is 0.263 e. The molecule has 0 radical (unpaired) electrons. The lowest BCUT2D eigenvalue weighted by Gasteiger charge is -2.36. The van der Waals surface area contributed by atoms with Crippen LogP contribution < -0.4 is 9.64 Å². The molecule has 0 unspecified atom stereocenters. The molecule has 5 rings (SSSR count). The zero-order valence-corrected chi connectivity index (χ0v) is 18.8. The third-order valence-electron chi connectivity index (χ3n) is 6.20. The van der Waals surface area contributed by atoms with Gasteiger partial charge in [-0.2, -0.15) is 11.3 Å². The maximum absolute atomic E-state index is 13.2. The molecule has 0 atom stereocenters. The number of amides is 2. The second kappa shape index (κ2) is 8.76. The normalized spacial score (nSPS) is 16.5. The molecule has 1 fully saturated rings. The smallest absolute Gasteiger partial charge is 0.263 e. The Labute approximate surface area is 191 Å². The molecule has 0 spiro atoms. The van der Waals surface area contributed by atoms with E-state index in [-0.39, 0.29) is 11.8 Å². The molecule has 164 valence electrons. The van der Waals surface area contributed by atoms with Crippen LogP contribution in [0.4, 0.5) is 5.69 Å². The average molecular weight is 448 g/mol. The molecule has 6 nitrogen and oxygen atoms in total. The van der Waals surface area contributed by atoms with Gasteiger partial charge in [0.25, 0.3) is 11.8 Å². The predicted octanol–water partition coefficient (Wildman–Crippen LogP) is 3.88. The van der Waals surface area contributed by atoms with Crippen LogP contribution in [0.15, 0.2) is 59.3 Å². The van der Waals surface area contributed by atoms with Crippen molar-refractivity contribution >= 4 is 28.8 Å². The number of rotatable bonds is 6. The van der Waals surface area contributed by atoms with Gasteiger partial charge in [-0.25, -0.2) is 0 Å².